The topological polar surface area (TPSA) is 86.6 Å². The molecule has 0 saturated heterocycles. The van der Waals surface area contributed by atoms with Crippen molar-refractivity contribution >= 4 is 24.3 Å². The molecule has 2 atom stereocenters. The average Bonchev–Trinajstić information content (AvgIpc) is 2.73. The van der Waals surface area contributed by atoms with E-state index in [1.165, 1.54) is 18.2 Å². The number of amides is 1. The molecule has 21 heavy (non-hydrogen) atoms. The van der Waals surface area contributed by atoms with Crippen LogP contribution in [0.5, 0.6) is 0 Å². The van der Waals surface area contributed by atoms with Crippen LogP contribution in [0.3, 0.4) is 0 Å². The first-order valence-corrected chi connectivity index (χ1v) is 8.07. The normalized spacial score (nSPS) is 23.3. The zero-order valence-electron chi connectivity index (χ0n) is 11.3. The molecule has 108 valence electrons. The highest BCUT2D eigenvalue weighted by Crippen LogP contribution is 2.61. The lowest BCUT2D eigenvalue weighted by Gasteiger charge is -2.27. The number of rotatable bonds is 2. The minimum absolute atomic E-state index is 0.0439. The van der Waals surface area contributed by atoms with Crippen LogP contribution in [-0.2, 0) is 14.7 Å². The van der Waals surface area contributed by atoms with E-state index in [0.717, 1.165) is 5.56 Å². The van der Waals surface area contributed by atoms with Crippen molar-refractivity contribution in [2.24, 2.45) is 0 Å². The van der Waals surface area contributed by atoms with E-state index in [1.807, 2.05) is 6.92 Å². The highest BCUT2D eigenvalue weighted by Gasteiger charge is 2.59. The molecular weight excluding hydrogens is 289 g/mol. The summed E-state index contributed by atoms with van der Waals surface area (Å²) in [5, 5.41) is 10.8. The predicted octanol–water partition coefficient (Wildman–Crippen LogP) is 1.69. The number of aryl methyl sites for hydroxylation is 1. The summed E-state index contributed by atoms with van der Waals surface area (Å²) in [5.41, 5.74) is 1.40. The molecule has 2 unspecified atom stereocenters. The second-order valence-corrected chi connectivity index (χ2v) is 7.40. The number of carbonyl (C=O) groups excluding carboxylic acids is 1. The summed E-state index contributed by atoms with van der Waals surface area (Å²) in [6.45, 7) is 1.85. The minimum atomic E-state index is -4.37. The Labute approximate surface area is 121 Å². The van der Waals surface area contributed by atoms with E-state index in [9.17, 15) is 19.4 Å². The molecule has 0 radical (unpaired) electrons. The molecule has 0 bridgehead atoms. The van der Waals surface area contributed by atoms with Gasteiger partial charge in [-0.25, -0.2) is 0 Å². The van der Waals surface area contributed by atoms with Crippen molar-refractivity contribution < 1.29 is 19.4 Å². The fourth-order valence-corrected chi connectivity index (χ4v) is 4.24. The summed E-state index contributed by atoms with van der Waals surface area (Å²) in [4.78, 5) is 22.6. The smallest absolute Gasteiger partial charge is 0.274 e. The van der Waals surface area contributed by atoms with Gasteiger partial charge < -0.3 is 15.3 Å². The molecule has 3 N–H and O–H groups in total. The Morgan fingerprint density at radius 2 is 1.71 bits per heavy atom. The number of anilines is 1. The van der Waals surface area contributed by atoms with E-state index in [2.05, 4.69) is 5.32 Å². The second-order valence-electron chi connectivity index (χ2n) is 5.08. The van der Waals surface area contributed by atoms with Crippen LogP contribution in [0.15, 0.2) is 48.5 Å². The zero-order valence-corrected chi connectivity index (χ0v) is 12.2. The first kappa shape index (κ1) is 14.0. The molecule has 0 fully saturated rings. The molecule has 0 saturated carbocycles. The van der Waals surface area contributed by atoms with Crippen molar-refractivity contribution in [2.45, 2.75) is 12.3 Å². The summed E-state index contributed by atoms with van der Waals surface area (Å²) >= 11 is 0. The van der Waals surface area contributed by atoms with E-state index in [1.54, 1.807) is 30.3 Å². The SMILES string of the molecule is Cc1ccc(P(=O)(O)C2(O)C(=O)Nc3ccccc32)cc1. The highest BCUT2D eigenvalue weighted by molar-refractivity contribution is 7.68. The van der Waals surface area contributed by atoms with Gasteiger partial charge in [-0.05, 0) is 25.1 Å². The number of aliphatic hydroxyl groups is 1. The number of carbonyl (C=O) groups is 1. The van der Waals surface area contributed by atoms with E-state index < -0.39 is 18.6 Å². The van der Waals surface area contributed by atoms with Crippen molar-refractivity contribution in [3.63, 3.8) is 0 Å². The first-order valence-electron chi connectivity index (χ1n) is 6.41. The van der Waals surface area contributed by atoms with Gasteiger partial charge in [0.2, 0.25) is 0 Å². The van der Waals surface area contributed by atoms with Gasteiger partial charge in [-0.3, -0.25) is 9.36 Å². The fraction of sp³-hybridized carbons (Fsp3) is 0.133. The van der Waals surface area contributed by atoms with Crippen LogP contribution in [0.4, 0.5) is 5.69 Å². The van der Waals surface area contributed by atoms with Crippen molar-refractivity contribution in [2.75, 3.05) is 5.32 Å². The Hall–Kier alpha value is -1.94. The molecule has 6 heteroatoms. The maximum Gasteiger partial charge on any atom is 0.274 e. The first-order chi connectivity index (χ1) is 9.87. The molecule has 2 aromatic carbocycles. The minimum Gasteiger partial charge on any atom is -0.368 e. The lowest BCUT2D eigenvalue weighted by Crippen LogP contribution is -2.37. The Morgan fingerprint density at radius 3 is 2.38 bits per heavy atom. The maximum atomic E-state index is 12.9. The zero-order chi connectivity index (χ0) is 15.3. The van der Waals surface area contributed by atoms with Crippen molar-refractivity contribution in [1.82, 2.24) is 0 Å². The lowest BCUT2D eigenvalue weighted by molar-refractivity contribution is -0.126. The molecule has 1 aliphatic heterocycles. The van der Waals surface area contributed by atoms with Crippen LogP contribution in [0, 0.1) is 6.92 Å². The standard InChI is InChI=1S/C15H14NO4P/c1-10-6-8-11(9-7-10)21(19,20)15(18)12-4-2-3-5-13(12)16-14(15)17/h2-9,18H,1H3,(H,16,17)(H,19,20). The summed E-state index contributed by atoms with van der Waals surface area (Å²) < 4.78 is 12.9. The van der Waals surface area contributed by atoms with Crippen LogP contribution in [-0.4, -0.2) is 15.9 Å². The quantitative estimate of drug-likeness (QED) is 0.737. The number of benzene rings is 2. The summed E-state index contributed by atoms with van der Waals surface area (Å²) in [6.07, 6.45) is 0. The van der Waals surface area contributed by atoms with Gasteiger partial charge in [0.25, 0.3) is 18.6 Å². The van der Waals surface area contributed by atoms with Gasteiger partial charge >= 0.3 is 0 Å². The van der Waals surface area contributed by atoms with Gasteiger partial charge in [-0.15, -0.1) is 0 Å². The Bertz CT molecular complexity index is 771. The third kappa shape index (κ3) is 1.86. The van der Waals surface area contributed by atoms with Gasteiger partial charge in [-0.1, -0.05) is 35.9 Å². The molecule has 0 spiro atoms. The molecule has 1 aliphatic rings. The van der Waals surface area contributed by atoms with Gasteiger partial charge in [0.1, 0.15) is 0 Å². The Balaban J connectivity index is 2.20. The van der Waals surface area contributed by atoms with E-state index >= 15 is 0 Å². The molecule has 1 heterocycles. The van der Waals surface area contributed by atoms with Crippen molar-refractivity contribution in [1.29, 1.82) is 0 Å². The summed E-state index contributed by atoms with van der Waals surface area (Å²) in [5.74, 6) is -0.880. The summed E-state index contributed by atoms with van der Waals surface area (Å²) in [7, 11) is -4.37. The second kappa shape index (κ2) is 4.53. The third-order valence-electron chi connectivity index (χ3n) is 3.69. The van der Waals surface area contributed by atoms with E-state index in [4.69, 9.17) is 0 Å². The Morgan fingerprint density at radius 1 is 1.10 bits per heavy atom. The van der Waals surface area contributed by atoms with Crippen molar-refractivity contribution in [3.05, 3.63) is 59.7 Å². The van der Waals surface area contributed by atoms with E-state index in [-0.39, 0.29) is 10.9 Å². The van der Waals surface area contributed by atoms with E-state index in [0.29, 0.717) is 5.69 Å². The number of hydrogen-bond acceptors (Lipinski definition) is 3. The number of fused-ring (bicyclic) bond motifs is 1. The van der Waals surface area contributed by atoms with Crippen LogP contribution in [0.2, 0.25) is 0 Å². The molecule has 5 nitrogen and oxygen atoms in total. The lowest BCUT2D eigenvalue weighted by atomic mass is 10.1. The van der Waals surface area contributed by atoms with Crippen LogP contribution in [0.25, 0.3) is 0 Å². The number of hydrogen-bond donors (Lipinski definition) is 3. The van der Waals surface area contributed by atoms with Gasteiger partial charge in [0.15, 0.2) is 0 Å². The molecule has 0 aliphatic carbocycles. The highest BCUT2D eigenvalue weighted by atomic mass is 31.2. The average molecular weight is 303 g/mol. The molecule has 0 aromatic heterocycles. The predicted molar refractivity (Wildman–Crippen MR) is 79.6 cm³/mol. The van der Waals surface area contributed by atoms with Crippen LogP contribution >= 0.6 is 7.37 Å². The number of nitrogens with one attached hydrogen (secondary N) is 1. The van der Waals surface area contributed by atoms with Crippen molar-refractivity contribution in [3.8, 4) is 0 Å². The molecule has 3 rings (SSSR count). The fourth-order valence-electron chi connectivity index (χ4n) is 2.46. The van der Waals surface area contributed by atoms with Crippen LogP contribution < -0.4 is 10.6 Å². The Kier molecular flexibility index (Phi) is 3.02. The summed E-state index contributed by atoms with van der Waals surface area (Å²) in [6, 6.07) is 12.6. The third-order valence-corrected chi connectivity index (χ3v) is 6.01. The molecular formula is C15H14NO4P. The van der Waals surface area contributed by atoms with Gasteiger partial charge in [-0.2, -0.15) is 0 Å². The van der Waals surface area contributed by atoms with Crippen LogP contribution in [0.1, 0.15) is 11.1 Å². The molecule has 2 aromatic rings. The molecule has 1 amide bonds. The van der Waals surface area contributed by atoms with Gasteiger partial charge in [0.05, 0.1) is 0 Å². The number of para-hydroxylation sites is 1. The maximum absolute atomic E-state index is 12.9. The largest absolute Gasteiger partial charge is 0.368 e. The monoisotopic (exact) mass is 303 g/mol. The van der Waals surface area contributed by atoms with Gasteiger partial charge in [0, 0.05) is 16.6 Å².